The highest BCUT2D eigenvalue weighted by molar-refractivity contribution is 7.45. The molecule has 0 aromatic carbocycles. The van der Waals surface area contributed by atoms with Gasteiger partial charge in [-0.25, -0.2) is 0 Å². The van der Waals surface area contributed by atoms with E-state index >= 15 is 0 Å². The minimum Gasteiger partial charge on any atom is -0.756 e. The molecule has 0 rings (SSSR count). The van der Waals surface area contributed by atoms with Crippen molar-refractivity contribution >= 4 is 13.7 Å². The van der Waals surface area contributed by atoms with Gasteiger partial charge in [-0.2, -0.15) is 0 Å². The Kier molecular flexibility index (Phi) is 41.1. The third-order valence-electron chi connectivity index (χ3n) is 11.9. The van der Waals surface area contributed by atoms with Gasteiger partial charge >= 0.3 is 0 Å². The molecule has 0 aliphatic carbocycles. The van der Waals surface area contributed by atoms with Crippen molar-refractivity contribution in [3.63, 3.8) is 0 Å². The van der Waals surface area contributed by atoms with Gasteiger partial charge in [-0.3, -0.25) is 9.36 Å². The number of carbonyl (C=O) groups excluding carboxylic acids is 1. The van der Waals surface area contributed by atoms with Crippen molar-refractivity contribution < 1.29 is 38.0 Å². The SMILES string of the molecule is CCCCCCCCCCCCCCCCCCCCCCCCCC(=O)NC(COP(=O)([O-])OCC[N+](C)(C)C)C(O)C(O)CCCCCCCCCCCCCC. The van der Waals surface area contributed by atoms with Gasteiger partial charge in [0.05, 0.1) is 39.9 Å². The van der Waals surface area contributed by atoms with Crippen LogP contribution < -0.4 is 10.2 Å². The molecule has 4 atom stereocenters. The number of aliphatic hydroxyl groups excluding tert-OH is 2. The third-order valence-corrected chi connectivity index (χ3v) is 12.9. The highest BCUT2D eigenvalue weighted by Crippen LogP contribution is 2.38. The molecular weight excluding hydrogens is 760 g/mol. The number of nitrogens with one attached hydrogen (secondary N) is 1. The first kappa shape index (κ1) is 58.5. The van der Waals surface area contributed by atoms with E-state index in [2.05, 4.69) is 19.2 Å². The van der Waals surface area contributed by atoms with E-state index in [9.17, 15) is 24.5 Å². The summed E-state index contributed by atoms with van der Waals surface area (Å²) in [5, 5.41) is 24.7. The Balaban J connectivity index is 4.26. The van der Waals surface area contributed by atoms with Crippen LogP contribution in [0.25, 0.3) is 0 Å². The maximum Gasteiger partial charge on any atom is 0.268 e. The second kappa shape index (κ2) is 41.5. The molecule has 0 saturated heterocycles. The molecule has 354 valence electrons. The summed E-state index contributed by atoms with van der Waals surface area (Å²) in [6.07, 6.45) is 42.9. The number of hydrogen-bond donors (Lipinski definition) is 3. The van der Waals surface area contributed by atoms with Gasteiger partial charge in [0.2, 0.25) is 5.91 Å². The minimum absolute atomic E-state index is 0.0367. The standard InChI is InChI=1S/C49H101N2O7P/c1-6-8-10-12-14-16-18-20-21-22-23-24-25-26-27-28-29-30-32-34-36-38-40-42-48(53)50-46(45-58-59(55,56)57-44-43-51(3,4)5)49(54)47(52)41-39-37-35-33-31-19-17-15-13-11-9-7-2/h46-47,49,52,54H,6-45H2,1-5H3,(H-,50,53,55,56). The van der Waals surface area contributed by atoms with Gasteiger partial charge in [-0.1, -0.05) is 232 Å². The van der Waals surface area contributed by atoms with Crippen LogP contribution in [0.3, 0.4) is 0 Å². The van der Waals surface area contributed by atoms with Gasteiger partial charge in [0.1, 0.15) is 19.3 Å². The summed E-state index contributed by atoms with van der Waals surface area (Å²) in [5.74, 6) is -0.273. The van der Waals surface area contributed by atoms with Crippen molar-refractivity contribution in [3.8, 4) is 0 Å². The molecule has 0 saturated carbocycles. The fourth-order valence-electron chi connectivity index (χ4n) is 7.84. The first-order chi connectivity index (χ1) is 28.4. The van der Waals surface area contributed by atoms with Gasteiger partial charge in [-0.05, 0) is 12.8 Å². The number of unbranched alkanes of at least 4 members (excludes halogenated alkanes) is 33. The number of hydrogen-bond acceptors (Lipinski definition) is 7. The fourth-order valence-corrected chi connectivity index (χ4v) is 8.57. The summed E-state index contributed by atoms with van der Waals surface area (Å²) in [4.78, 5) is 25.4. The van der Waals surface area contributed by atoms with Gasteiger partial charge in [-0.15, -0.1) is 0 Å². The van der Waals surface area contributed by atoms with E-state index in [1.54, 1.807) is 0 Å². The Morgan fingerprint density at radius 2 is 0.864 bits per heavy atom. The largest absolute Gasteiger partial charge is 0.756 e. The number of nitrogens with zero attached hydrogens (tertiary/aromatic N) is 1. The molecule has 0 aromatic rings. The van der Waals surface area contributed by atoms with Crippen LogP contribution in [0.2, 0.25) is 0 Å². The third kappa shape index (κ3) is 42.5. The van der Waals surface area contributed by atoms with Crippen molar-refractivity contribution in [1.82, 2.24) is 5.32 Å². The number of carbonyl (C=O) groups is 1. The Morgan fingerprint density at radius 1 is 0.542 bits per heavy atom. The summed E-state index contributed by atoms with van der Waals surface area (Å²) in [6.45, 7) is 4.47. The quantitative estimate of drug-likeness (QED) is 0.0316. The van der Waals surface area contributed by atoms with Crippen LogP contribution in [0.5, 0.6) is 0 Å². The van der Waals surface area contributed by atoms with Gasteiger partial charge in [0, 0.05) is 6.42 Å². The summed E-state index contributed by atoms with van der Waals surface area (Å²) >= 11 is 0. The smallest absolute Gasteiger partial charge is 0.268 e. The molecule has 3 N–H and O–H groups in total. The Labute approximate surface area is 366 Å². The van der Waals surface area contributed by atoms with Crippen molar-refractivity contribution in [2.24, 2.45) is 0 Å². The van der Waals surface area contributed by atoms with Crippen LogP contribution in [0, 0.1) is 0 Å². The van der Waals surface area contributed by atoms with E-state index in [0.29, 0.717) is 17.4 Å². The second-order valence-corrected chi connectivity index (χ2v) is 20.4. The lowest BCUT2D eigenvalue weighted by molar-refractivity contribution is -0.870. The van der Waals surface area contributed by atoms with Gasteiger partial charge < -0.3 is 34.0 Å². The zero-order valence-corrected chi connectivity index (χ0v) is 40.7. The summed E-state index contributed by atoms with van der Waals surface area (Å²) < 4.78 is 23.2. The zero-order chi connectivity index (χ0) is 43.7. The minimum atomic E-state index is -4.66. The molecule has 10 heteroatoms. The summed E-state index contributed by atoms with van der Waals surface area (Å²) in [7, 11) is 1.14. The topological polar surface area (TPSA) is 128 Å². The molecule has 0 fully saturated rings. The fraction of sp³-hybridized carbons (Fsp3) is 0.980. The van der Waals surface area contributed by atoms with Gasteiger partial charge in [0.15, 0.2) is 0 Å². The highest BCUT2D eigenvalue weighted by atomic mass is 31.2. The number of rotatable bonds is 47. The highest BCUT2D eigenvalue weighted by Gasteiger charge is 2.29. The van der Waals surface area contributed by atoms with Crippen LogP contribution in [-0.2, 0) is 18.4 Å². The Morgan fingerprint density at radius 3 is 1.20 bits per heavy atom. The molecule has 0 bridgehead atoms. The summed E-state index contributed by atoms with van der Waals surface area (Å²) in [6, 6.07) is -1.07. The molecule has 9 nitrogen and oxygen atoms in total. The molecule has 0 aliphatic rings. The maximum atomic E-state index is 12.9. The molecule has 0 radical (unpaired) electrons. The van der Waals surface area contributed by atoms with Crippen LogP contribution in [-0.4, -0.2) is 79.8 Å². The monoisotopic (exact) mass is 861 g/mol. The number of phosphoric acid groups is 1. The lowest BCUT2D eigenvalue weighted by Gasteiger charge is -2.31. The number of likely N-dealkylation sites (N-methyl/N-ethyl adjacent to an activating group) is 1. The average molecular weight is 861 g/mol. The van der Waals surface area contributed by atoms with E-state index < -0.39 is 32.7 Å². The van der Waals surface area contributed by atoms with E-state index in [1.807, 2.05) is 21.1 Å². The summed E-state index contributed by atoms with van der Waals surface area (Å²) in [5.41, 5.74) is 0. The van der Waals surface area contributed by atoms with E-state index in [4.69, 9.17) is 9.05 Å². The lowest BCUT2D eigenvalue weighted by Crippen LogP contribution is -2.51. The maximum absolute atomic E-state index is 12.9. The Hall–Kier alpha value is -0.540. The second-order valence-electron chi connectivity index (χ2n) is 19.0. The van der Waals surface area contributed by atoms with Crippen LogP contribution in [0.4, 0.5) is 0 Å². The van der Waals surface area contributed by atoms with Gasteiger partial charge in [0.25, 0.3) is 7.82 Å². The number of phosphoric ester groups is 1. The van der Waals surface area contributed by atoms with Crippen molar-refractivity contribution in [1.29, 1.82) is 0 Å². The lowest BCUT2D eigenvalue weighted by atomic mass is 9.99. The molecule has 59 heavy (non-hydrogen) atoms. The number of amides is 1. The predicted molar refractivity (Wildman–Crippen MR) is 249 cm³/mol. The van der Waals surface area contributed by atoms with Crippen LogP contribution in [0.1, 0.15) is 251 Å². The molecular formula is C49H101N2O7P. The van der Waals surface area contributed by atoms with Crippen molar-refractivity contribution in [2.75, 3.05) is 40.9 Å². The normalized spacial score (nSPS) is 14.6. The van der Waals surface area contributed by atoms with E-state index in [1.165, 1.54) is 186 Å². The number of aliphatic hydroxyl groups is 2. The molecule has 0 aliphatic heterocycles. The van der Waals surface area contributed by atoms with Crippen molar-refractivity contribution in [2.45, 2.75) is 270 Å². The number of quaternary nitrogens is 1. The zero-order valence-electron chi connectivity index (χ0n) is 39.8. The predicted octanol–water partition coefficient (Wildman–Crippen LogP) is 12.9. The first-order valence-electron chi connectivity index (χ1n) is 25.5. The van der Waals surface area contributed by atoms with Crippen LogP contribution >= 0.6 is 7.82 Å². The molecule has 1 amide bonds. The molecule has 0 heterocycles. The van der Waals surface area contributed by atoms with E-state index in [0.717, 1.165) is 38.5 Å². The Bertz CT molecular complexity index is 950. The molecule has 0 spiro atoms. The first-order valence-corrected chi connectivity index (χ1v) is 26.9. The average Bonchev–Trinajstić information content (AvgIpc) is 3.19. The van der Waals surface area contributed by atoms with Crippen LogP contribution in [0.15, 0.2) is 0 Å². The van der Waals surface area contributed by atoms with Crippen molar-refractivity contribution in [3.05, 3.63) is 0 Å². The van der Waals surface area contributed by atoms with E-state index in [-0.39, 0.29) is 18.9 Å². The molecule has 0 aromatic heterocycles. The molecule has 4 unspecified atom stereocenters.